The van der Waals surface area contributed by atoms with Gasteiger partial charge in [-0.3, -0.25) is 4.79 Å². The molecule has 2 aromatic rings. The minimum atomic E-state index is 0.172. The van der Waals surface area contributed by atoms with E-state index >= 15 is 0 Å². The molecule has 114 valence electrons. The maximum absolute atomic E-state index is 12.4. The van der Waals surface area contributed by atoms with Crippen molar-refractivity contribution in [2.75, 3.05) is 13.2 Å². The number of carbonyl (C=O) groups is 1. The molecule has 0 radical (unpaired) electrons. The third-order valence-corrected chi connectivity index (χ3v) is 3.87. The zero-order valence-electron chi connectivity index (χ0n) is 12.8. The van der Waals surface area contributed by atoms with Crippen LogP contribution in [0.1, 0.15) is 23.7 Å². The van der Waals surface area contributed by atoms with Gasteiger partial charge in [0, 0.05) is 25.6 Å². The van der Waals surface area contributed by atoms with E-state index in [2.05, 4.69) is 4.98 Å². The Morgan fingerprint density at radius 1 is 1.23 bits per heavy atom. The highest BCUT2D eigenvalue weighted by atomic mass is 16.5. The Labute approximate surface area is 130 Å². The number of aromatic nitrogens is 1. The SMILES string of the molecule is CCOc1ccc2c(n1)CCN(C(=O)Cc1ccccc1)C2. The fourth-order valence-corrected chi connectivity index (χ4v) is 2.72. The average Bonchev–Trinajstić information content (AvgIpc) is 2.55. The molecule has 22 heavy (non-hydrogen) atoms. The Bertz CT molecular complexity index is 655. The highest BCUT2D eigenvalue weighted by Gasteiger charge is 2.22. The monoisotopic (exact) mass is 296 g/mol. The van der Waals surface area contributed by atoms with Crippen LogP contribution in [0.5, 0.6) is 5.88 Å². The molecule has 1 aliphatic heterocycles. The molecule has 0 aliphatic carbocycles. The van der Waals surface area contributed by atoms with Crippen molar-refractivity contribution in [3.63, 3.8) is 0 Å². The highest BCUT2D eigenvalue weighted by molar-refractivity contribution is 5.79. The number of fused-ring (bicyclic) bond motifs is 1. The van der Waals surface area contributed by atoms with Crippen molar-refractivity contribution in [2.24, 2.45) is 0 Å². The molecule has 0 bridgehead atoms. The lowest BCUT2D eigenvalue weighted by atomic mass is 10.0. The van der Waals surface area contributed by atoms with Gasteiger partial charge in [0.15, 0.2) is 0 Å². The van der Waals surface area contributed by atoms with Gasteiger partial charge in [-0.15, -0.1) is 0 Å². The van der Waals surface area contributed by atoms with Gasteiger partial charge in [0.05, 0.1) is 18.7 Å². The van der Waals surface area contributed by atoms with E-state index in [1.807, 2.05) is 54.3 Å². The summed E-state index contributed by atoms with van der Waals surface area (Å²) in [5.41, 5.74) is 3.23. The predicted molar refractivity (Wildman–Crippen MR) is 84.7 cm³/mol. The molecule has 1 amide bonds. The van der Waals surface area contributed by atoms with Crippen LogP contribution in [0.2, 0.25) is 0 Å². The molecule has 0 spiro atoms. The first-order valence-electron chi connectivity index (χ1n) is 7.69. The molecule has 0 saturated heterocycles. The van der Waals surface area contributed by atoms with Gasteiger partial charge < -0.3 is 9.64 Å². The molecule has 2 heterocycles. The number of ether oxygens (including phenoxy) is 1. The topological polar surface area (TPSA) is 42.4 Å². The summed E-state index contributed by atoms with van der Waals surface area (Å²) in [6, 6.07) is 13.8. The van der Waals surface area contributed by atoms with E-state index in [1.54, 1.807) is 0 Å². The van der Waals surface area contributed by atoms with Crippen molar-refractivity contribution in [1.82, 2.24) is 9.88 Å². The second-order valence-electron chi connectivity index (χ2n) is 5.42. The Kier molecular flexibility index (Phi) is 4.37. The molecular weight excluding hydrogens is 276 g/mol. The third-order valence-electron chi connectivity index (χ3n) is 3.87. The summed E-state index contributed by atoms with van der Waals surface area (Å²) >= 11 is 0. The largest absolute Gasteiger partial charge is 0.478 e. The molecule has 0 fully saturated rings. The van der Waals surface area contributed by atoms with Crippen molar-refractivity contribution in [2.45, 2.75) is 26.3 Å². The number of nitrogens with zero attached hydrogens (tertiary/aromatic N) is 2. The summed E-state index contributed by atoms with van der Waals surface area (Å²) < 4.78 is 5.43. The Morgan fingerprint density at radius 2 is 2.05 bits per heavy atom. The maximum Gasteiger partial charge on any atom is 0.227 e. The second-order valence-corrected chi connectivity index (χ2v) is 5.42. The van der Waals surface area contributed by atoms with Crippen molar-refractivity contribution < 1.29 is 9.53 Å². The van der Waals surface area contributed by atoms with Crippen LogP contribution in [0.15, 0.2) is 42.5 Å². The van der Waals surface area contributed by atoms with Crippen LogP contribution in [0.3, 0.4) is 0 Å². The summed E-state index contributed by atoms with van der Waals surface area (Å²) in [4.78, 5) is 18.9. The molecule has 4 heteroatoms. The van der Waals surface area contributed by atoms with Gasteiger partial charge in [-0.1, -0.05) is 36.4 Å². The number of rotatable bonds is 4. The minimum absolute atomic E-state index is 0.172. The van der Waals surface area contributed by atoms with E-state index in [4.69, 9.17) is 4.74 Å². The van der Waals surface area contributed by atoms with E-state index < -0.39 is 0 Å². The summed E-state index contributed by atoms with van der Waals surface area (Å²) in [7, 11) is 0. The quantitative estimate of drug-likeness (QED) is 0.871. The van der Waals surface area contributed by atoms with Gasteiger partial charge in [-0.05, 0) is 18.1 Å². The molecule has 0 unspecified atom stereocenters. The third kappa shape index (κ3) is 3.27. The molecule has 3 rings (SSSR count). The second kappa shape index (κ2) is 6.60. The summed E-state index contributed by atoms with van der Waals surface area (Å²) in [6.45, 7) is 3.93. The molecule has 0 N–H and O–H groups in total. The van der Waals surface area contributed by atoms with Crippen LogP contribution in [-0.4, -0.2) is 28.9 Å². The van der Waals surface area contributed by atoms with E-state index in [0.717, 1.165) is 29.8 Å². The number of hydrogen-bond donors (Lipinski definition) is 0. The van der Waals surface area contributed by atoms with Gasteiger partial charge >= 0.3 is 0 Å². The van der Waals surface area contributed by atoms with Crippen molar-refractivity contribution >= 4 is 5.91 Å². The fourth-order valence-electron chi connectivity index (χ4n) is 2.72. The van der Waals surface area contributed by atoms with Gasteiger partial charge in [0.2, 0.25) is 11.8 Å². The lowest BCUT2D eigenvalue weighted by molar-refractivity contribution is -0.131. The predicted octanol–water partition coefficient (Wildman–Crippen LogP) is 2.61. The van der Waals surface area contributed by atoms with E-state index in [-0.39, 0.29) is 5.91 Å². The average molecular weight is 296 g/mol. The standard InChI is InChI=1S/C18H20N2O2/c1-2-22-17-9-8-15-13-20(11-10-16(15)19-17)18(21)12-14-6-4-3-5-7-14/h3-9H,2,10-13H2,1H3. The first kappa shape index (κ1) is 14.6. The zero-order chi connectivity index (χ0) is 15.4. The zero-order valence-corrected chi connectivity index (χ0v) is 12.8. The first-order chi connectivity index (χ1) is 10.8. The fraction of sp³-hybridized carbons (Fsp3) is 0.333. The van der Waals surface area contributed by atoms with Crippen LogP contribution < -0.4 is 4.74 Å². The first-order valence-corrected chi connectivity index (χ1v) is 7.69. The molecule has 1 aromatic carbocycles. The lowest BCUT2D eigenvalue weighted by Gasteiger charge is -2.28. The molecule has 1 aromatic heterocycles. The summed E-state index contributed by atoms with van der Waals surface area (Å²) in [6.07, 6.45) is 1.25. The normalized spacial score (nSPS) is 13.6. The van der Waals surface area contributed by atoms with Gasteiger partial charge in [0.25, 0.3) is 0 Å². The van der Waals surface area contributed by atoms with Crippen LogP contribution in [0.4, 0.5) is 0 Å². The van der Waals surface area contributed by atoms with Crippen molar-refractivity contribution in [3.05, 3.63) is 59.3 Å². The number of carbonyl (C=O) groups excluding carboxylic acids is 1. The molecule has 4 nitrogen and oxygen atoms in total. The molecule has 0 saturated carbocycles. The van der Waals surface area contributed by atoms with Crippen LogP contribution in [0.25, 0.3) is 0 Å². The Morgan fingerprint density at radius 3 is 2.82 bits per heavy atom. The van der Waals surface area contributed by atoms with Gasteiger partial charge in [-0.2, -0.15) is 0 Å². The smallest absolute Gasteiger partial charge is 0.227 e. The van der Waals surface area contributed by atoms with Gasteiger partial charge in [0.1, 0.15) is 0 Å². The van der Waals surface area contributed by atoms with Gasteiger partial charge in [-0.25, -0.2) is 4.98 Å². The molecule has 0 atom stereocenters. The van der Waals surface area contributed by atoms with Crippen molar-refractivity contribution in [1.29, 1.82) is 0 Å². The van der Waals surface area contributed by atoms with Crippen LogP contribution in [0, 0.1) is 0 Å². The minimum Gasteiger partial charge on any atom is -0.478 e. The van der Waals surface area contributed by atoms with Crippen molar-refractivity contribution in [3.8, 4) is 5.88 Å². The number of benzene rings is 1. The number of pyridine rings is 1. The van der Waals surface area contributed by atoms with E-state index in [1.165, 1.54) is 0 Å². The lowest BCUT2D eigenvalue weighted by Crippen LogP contribution is -2.37. The number of hydrogen-bond acceptors (Lipinski definition) is 3. The summed E-state index contributed by atoms with van der Waals surface area (Å²) in [5.74, 6) is 0.844. The Hall–Kier alpha value is -2.36. The maximum atomic E-state index is 12.4. The van der Waals surface area contributed by atoms with Crippen LogP contribution in [-0.2, 0) is 24.2 Å². The molecule has 1 aliphatic rings. The highest BCUT2D eigenvalue weighted by Crippen LogP contribution is 2.21. The molecular formula is C18H20N2O2. The Balaban J connectivity index is 1.67. The van der Waals surface area contributed by atoms with E-state index in [9.17, 15) is 4.79 Å². The number of amides is 1. The van der Waals surface area contributed by atoms with E-state index in [0.29, 0.717) is 25.5 Å². The van der Waals surface area contributed by atoms with Crippen LogP contribution >= 0.6 is 0 Å². The summed E-state index contributed by atoms with van der Waals surface area (Å²) in [5, 5.41) is 0.